The predicted molar refractivity (Wildman–Crippen MR) is 73.8 cm³/mol. The normalized spacial score (nSPS) is 18.4. The molecule has 1 aromatic carbocycles. The molecule has 0 amide bonds. The van der Waals surface area contributed by atoms with Crippen LogP contribution in [0.25, 0.3) is 0 Å². The Bertz CT molecular complexity index is 717. The maximum Gasteiger partial charge on any atom is 0.416 e. The van der Waals surface area contributed by atoms with Gasteiger partial charge in [-0.1, -0.05) is 0 Å². The summed E-state index contributed by atoms with van der Waals surface area (Å²) >= 11 is 0. The molecule has 3 rings (SSSR count). The van der Waals surface area contributed by atoms with Crippen LogP contribution in [0.5, 0.6) is 0 Å². The number of nitro groups is 1. The zero-order valence-corrected chi connectivity index (χ0v) is 11.7. The molecule has 1 atom stereocenters. The molecule has 0 radical (unpaired) electrons. The van der Waals surface area contributed by atoms with Crippen molar-refractivity contribution in [1.82, 2.24) is 15.2 Å². The van der Waals surface area contributed by atoms with Crippen molar-refractivity contribution in [3.8, 4) is 0 Å². The lowest BCUT2D eigenvalue weighted by Crippen LogP contribution is -2.24. The van der Waals surface area contributed by atoms with E-state index in [0.29, 0.717) is 24.9 Å². The number of hydrogen-bond acceptors (Lipinski definition) is 5. The van der Waals surface area contributed by atoms with E-state index in [4.69, 9.17) is 0 Å². The van der Waals surface area contributed by atoms with Gasteiger partial charge in [-0.25, -0.2) is 4.98 Å². The summed E-state index contributed by atoms with van der Waals surface area (Å²) in [6, 6.07) is 2.31. The largest absolute Gasteiger partial charge is 0.416 e. The summed E-state index contributed by atoms with van der Waals surface area (Å²) in [6.07, 6.45) is -1.86. The molecule has 1 saturated heterocycles. The Kier molecular flexibility index (Phi) is 3.66. The molecule has 1 N–H and O–H groups in total. The first-order valence-electron chi connectivity index (χ1n) is 6.85. The molecule has 2 heterocycles. The highest BCUT2D eigenvalue weighted by atomic mass is 19.4. The Morgan fingerprint density at radius 3 is 2.78 bits per heavy atom. The first-order valence-corrected chi connectivity index (χ1v) is 6.85. The van der Waals surface area contributed by atoms with Crippen LogP contribution in [0, 0.1) is 10.1 Å². The topological polar surface area (TPSA) is 87.9 Å². The molecule has 0 aliphatic carbocycles. The quantitative estimate of drug-likeness (QED) is 0.691. The van der Waals surface area contributed by atoms with Crippen molar-refractivity contribution in [3.05, 3.63) is 46.0 Å². The van der Waals surface area contributed by atoms with Crippen molar-refractivity contribution in [2.75, 3.05) is 11.4 Å². The lowest BCUT2D eigenvalue weighted by atomic mass is 10.1. The van der Waals surface area contributed by atoms with Gasteiger partial charge in [0, 0.05) is 12.6 Å². The van der Waals surface area contributed by atoms with Crippen molar-refractivity contribution < 1.29 is 18.1 Å². The first kappa shape index (κ1) is 15.3. The number of nitrogens with one attached hydrogen (secondary N) is 1. The number of benzene rings is 1. The molecule has 122 valence electrons. The second kappa shape index (κ2) is 5.52. The zero-order chi connectivity index (χ0) is 16.6. The van der Waals surface area contributed by atoms with Gasteiger partial charge in [0.05, 0.1) is 16.5 Å². The summed E-state index contributed by atoms with van der Waals surface area (Å²) in [5.74, 6) is 0.539. The number of alkyl halides is 3. The van der Waals surface area contributed by atoms with E-state index in [1.54, 1.807) is 4.90 Å². The molecule has 2 aromatic rings. The van der Waals surface area contributed by atoms with E-state index >= 15 is 0 Å². The van der Waals surface area contributed by atoms with Crippen LogP contribution >= 0.6 is 0 Å². The molecule has 23 heavy (non-hydrogen) atoms. The highest BCUT2D eigenvalue weighted by Gasteiger charge is 2.36. The minimum atomic E-state index is -4.63. The average Bonchev–Trinajstić information content (AvgIpc) is 3.16. The Hall–Kier alpha value is -2.65. The number of nitro benzene ring substituents is 1. The van der Waals surface area contributed by atoms with Crippen LogP contribution in [0.3, 0.4) is 0 Å². The standard InChI is InChI=1S/C13H12F3N5O2/c14-13(15,16)8-3-4-9(11(6-8)21(22)23)20-5-1-2-10(20)12-17-7-18-19-12/h3-4,6-7,10H,1-2,5H2,(H,17,18,19)/t10-/m1/s1. The predicted octanol–water partition coefficient (Wildman–Crippen LogP) is 3.07. The van der Waals surface area contributed by atoms with Crippen molar-refractivity contribution in [3.63, 3.8) is 0 Å². The summed E-state index contributed by atoms with van der Waals surface area (Å²) in [5.41, 5.74) is -1.45. The Morgan fingerprint density at radius 1 is 1.39 bits per heavy atom. The monoisotopic (exact) mass is 327 g/mol. The van der Waals surface area contributed by atoms with Crippen LogP contribution in [0.4, 0.5) is 24.5 Å². The van der Waals surface area contributed by atoms with Crippen molar-refractivity contribution in [2.45, 2.75) is 25.1 Å². The van der Waals surface area contributed by atoms with Crippen LogP contribution in [-0.4, -0.2) is 26.6 Å². The van der Waals surface area contributed by atoms with Gasteiger partial charge in [0.1, 0.15) is 17.8 Å². The average molecular weight is 327 g/mol. The lowest BCUT2D eigenvalue weighted by Gasteiger charge is -2.25. The number of anilines is 1. The molecule has 1 aliphatic rings. The molecular formula is C13H12F3N5O2. The van der Waals surface area contributed by atoms with Crippen LogP contribution < -0.4 is 4.90 Å². The second-order valence-electron chi connectivity index (χ2n) is 5.18. The molecule has 0 bridgehead atoms. The van der Waals surface area contributed by atoms with Gasteiger partial charge < -0.3 is 4.90 Å². The number of nitrogens with zero attached hydrogens (tertiary/aromatic N) is 4. The number of rotatable bonds is 3. The number of H-pyrrole nitrogens is 1. The fourth-order valence-electron chi connectivity index (χ4n) is 2.80. The van der Waals surface area contributed by atoms with Crippen molar-refractivity contribution in [1.29, 1.82) is 0 Å². The van der Waals surface area contributed by atoms with Crippen LogP contribution in [0.2, 0.25) is 0 Å². The van der Waals surface area contributed by atoms with Gasteiger partial charge in [-0.05, 0) is 25.0 Å². The van der Waals surface area contributed by atoms with Crippen LogP contribution in [0.15, 0.2) is 24.5 Å². The van der Waals surface area contributed by atoms with Gasteiger partial charge in [-0.2, -0.15) is 18.3 Å². The molecule has 10 heteroatoms. The highest BCUT2D eigenvalue weighted by molar-refractivity contribution is 5.66. The molecule has 1 aliphatic heterocycles. The Labute approximate surface area is 128 Å². The van der Waals surface area contributed by atoms with E-state index in [9.17, 15) is 23.3 Å². The SMILES string of the molecule is O=[N+]([O-])c1cc(C(F)(F)F)ccc1N1CCC[C@@H]1c1ncn[nH]1. The molecule has 7 nitrogen and oxygen atoms in total. The maximum atomic E-state index is 12.8. The fraction of sp³-hybridized carbons (Fsp3) is 0.385. The third-order valence-electron chi connectivity index (χ3n) is 3.81. The Balaban J connectivity index is 2.03. The number of aromatic nitrogens is 3. The third kappa shape index (κ3) is 2.83. The number of hydrogen-bond donors (Lipinski definition) is 1. The van der Waals surface area contributed by atoms with E-state index in [2.05, 4.69) is 15.2 Å². The van der Waals surface area contributed by atoms with Crippen molar-refractivity contribution in [2.24, 2.45) is 0 Å². The summed E-state index contributed by atoms with van der Waals surface area (Å²) in [5, 5.41) is 17.7. The number of aromatic amines is 1. The molecule has 1 aromatic heterocycles. The van der Waals surface area contributed by atoms with Gasteiger partial charge in [0.15, 0.2) is 0 Å². The second-order valence-corrected chi connectivity index (χ2v) is 5.18. The maximum absolute atomic E-state index is 12.8. The van der Waals surface area contributed by atoms with Gasteiger partial charge in [0.2, 0.25) is 0 Å². The molecule has 0 saturated carbocycles. The number of halogens is 3. The molecule has 0 unspecified atom stereocenters. The van der Waals surface area contributed by atoms with E-state index < -0.39 is 22.4 Å². The molecular weight excluding hydrogens is 315 g/mol. The van der Waals surface area contributed by atoms with Crippen molar-refractivity contribution >= 4 is 11.4 Å². The van der Waals surface area contributed by atoms with Gasteiger partial charge in [-0.3, -0.25) is 15.2 Å². The zero-order valence-electron chi connectivity index (χ0n) is 11.7. The minimum Gasteiger partial charge on any atom is -0.356 e. The van der Waals surface area contributed by atoms with Crippen LogP contribution in [0.1, 0.15) is 30.3 Å². The van der Waals surface area contributed by atoms with Crippen LogP contribution in [-0.2, 0) is 6.18 Å². The van der Waals surface area contributed by atoms with E-state index in [0.717, 1.165) is 18.6 Å². The summed E-state index contributed by atoms with van der Waals surface area (Å²) in [4.78, 5) is 16.2. The summed E-state index contributed by atoms with van der Waals surface area (Å²) in [6.45, 7) is 0.498. The molecule has 1 fully saturated rings. The highest BCUT2D eigenvalue weighted by Crippen LogP contribution is 2.41. The minimum absolute atomic E-state index is 0.155. The lowest BCUT2D eigenvalue weighted by molar-refractivity contribution is -0.384. The first-order chi connectivity index (χ1) is 10.9. The third-order valence-corrected chi connectivity index (χ3v) is 3.81. The van der Waals surface area contributed by atoms with Gasteiger partial charge >= 0.3 is 6.18 Å². The summed E-state index contributed by atoms with van der Waals surface area (Å²) < 4.78 is 38.3. The molecule has 0 spiro atoms. The van der Waals surface area contributed by atoms with E-state index in [-0.39, 0.29) is 11.7 Å². The Morgan fingerprint density at radius 2 is 2.17 bits per heavy atom. The fourth-order valence-corrected chi connectivity index (χ4v) is 2.80. The smallest absolute Gasteiger partial charge is 0.356 e. The van der Waals surface area contributed by atoms with Gasteiger partial charge in [0.25, 0.3) is 5.69 Å². The van der Waals surface area contributed by atoms with E-state index in [1.165, 1.54) is 6.33 Å². The van der Waals surface area contributed by atoms with E-state index in [1.807, 2.05) is 0 Å². The van der Waals surface area contributed by atoms with Gasteiger partial charge in [-0.15, -0.1) is 0 Å². The summed E-state index contributed by atoms with van der Waals surface area (Å²) in [7, 11) is 0.